The van der Waals surface area contributed by atoms with Gasteiger partial charge in [0, 0.05) is 59.8 Å². The molecule has 1 spiro atoms. The number of carboxylic acids is 1. The molecular formula is C26H35N9O5S. The van der Waals surface area contributed by atoms with E-state index in [0.29, 0.717) is 29.8 Å². The van der Waals surface area contributed by atoms with Crippen molar-refractivity contribution in [3.63, 3.8) is 0 Å². The third kappa shape index (κ3) is 4.26. The number of tetrazole rings is 1. The first-order valence-electron chi connectivity index (χ1n) is 14.4. The van der Waals surface area contributed by atoms with Crippen LogP contribution in [0.25, 0.3) is 0 Å². The standard InChI is InChI=1S/C26H35N9O5S/c1-12-20-19(13(2)30-18(36)8-34-11-29-31-32-34)24(38)35(20)21(25(39)40)22(12)41-16-4-17(27-6-16)23(37)33-7-14-3-15-5-26(14,10-33)9-28-15/h11-17,19-20,27-28H,3-10H2,1-2H3,(H,30,36)(H,39,40)/t12-,13-,14?,15?,16+,17+,19-,20-,26?/m1/s1. The summed E-state index contributed by atoms with van der Waals surface area (Å²) in [7, 11) is 0. The fourth-order valence-corrected chi connectivity index (χ4v) is 9.80. The molecule has 220 valence electrons. The number of likely N-dealkylation sites (tertiary alicyclic amines) is 1. The maximum atomic E-state index is 13.5. The highest BCUT2D eigenvalue weighted by atomic mass is 32.2. The van der Waals surface area contributed by atoms with Gasteiger partial charge < -0.3 is 30.9 Å². The molecule has 14 nitrogen and oxygen atoms in total. The van der Waals surface area contributed by atoms with Crippen molar-refractivity contribution in [2.75, 3.05) is 26.2 Å². The first-order chi connectivity index (χ1) is 19.6. The number of aromatic nitrogens is 4. The van der Waals surface area contributed by atoms with Gasteiger partial charge in [-0.1, -0.05) is 6.92 Å². The summed E-state index contributed by atoms with van der Waals surface area (Å²) in [6, 6.07) is -0.505. The van der Waals surface area contributed by atoms with E-state index in [4.69, 9.17) is 0 Å². The normalized spacial score (nSPS) is 37.8. The molecule has 3 unspecified atom stereocenters. The maximum absolute atomic E-state index is 13.5. The van der Waals surface area contributed by atoms with Crippen molar-refractivity contribution in [3.05, 3.63) is 16.9 Å². The van der Waals surface area contributed by atoms with Gasteiger partial charge in [0.25, 0.3) is 0 Å². The van der Waals surface area contributed by atoms with Crippen LogP contribution in [-0.4, -0.2) is 114 Å². The molecule has 41 heavy (non-hydrogen) atoms. The zero-order chi connectivity index (χ0) is 28.6. The largest absolute Gasteiger partial charge is 0.477 e. The third-order valence-electron chi connectivity index (χ3n) is 10.2. The zero-order valence-electron chi connectivity index (χ0n) is 23.0. The number of carboxylic acid groups (broad SMARTS) is 1. The monoisotopic (exact) mass is 585 g/mol. The summed E-state index contributed by atoms with van der Waals surface area (Å²) in [5, 5.41) is 30.7. The molecule has 5 fully saturated rings. The summed E-state index contributed by atoms with van der Waals surface area (Å²) in [5.74, 6) is -1.77. The van der Waals surface area contributed by atoms with Crippen LogP contribution >= 0.6 is 11.8 Å². The topological polar surface area (TPSA) is 175 Å². The van der Waals surface area contributed by atoms with Crippen molar-refractivity contribution in [2.24, 2.45) is 23.2 Å². The summed E-state index contributed by atoms with van der Waals surface area (Å²) in [5.41, 5.74) is 0.277. The number of hydrogen-bond donors (Lipinski definition) is 4. The minimum atomic E-state index is -1.13. The minimum absolute atomic E-state index is 0.0224. The summed E-state index contributed by atoms with van der Waals surface area (Å²) < 4.78 is 1.29. The number of nitrogens with zero attached hydrogens (tertiary/aromatic N) is 6. The van der Waals surface area contributed by atoms with Crippen LogP contribution in [0.15, 0.2) is 16.9 Å². The summed E-state index contributed by atoms with van der Waals surface area (Å²) >= 11 is 1.48. The highest BCUT2D eigenvalue weighted by Crippen LogP contribution is 2.53. The predicted octanol–water partition coefficient (Wildman–Crippen LogP) is -1.38. The van der Waals surface area contributed by atoms with Crippen molar-refractivity contribution in [2.45, 2.75) is 69.1 Å². The number of β-lactam (4-membered cyclic amide) rings is 1. The van der Waals surface area contributed by atoms with Crippen LogP contribution in [0.4, 0.5) is 0 Å². The van der Waals surface area contributed by atoms with Gasteiger partial charge in [-0.2, -0.15) is 0 Å². The van der Waals surface area contributed by atoms with Gasteiger partial charge in [-0.15, -0.1) is 16.9 Å². The van der Waals surface area contributed by atoms with Crippen LogP contribution in [0.5, 0.6) is 0 Å². The van der Waals surface area contributed by atoms with Crippen molar-refractivity contribution in [1.29, 1.82) is 0 Å². The molecule has 4 N–H and O–H groups in total. The van der Waals surface area contributed by atoms with Crippen LogP contribution in [-0.2, 0) is 25.7 Å². The smallest absolute Gasteiger partial charge is 0.353 e. The molecule has 6 aliphatic rings. The van der Waals surface area contributed by atoms with Gasteiger partial charge in [0.05, 0.1) is 18.0 Å². The fraction of sp³-hybridized carbons (Fsp3) is 0.731. The molecule has 5 aliphatic heterocycles. The van der Waals surface area contributed by atoms with E-state index in [9.17, 15) is 24.3 Å². The van der Waals surface area contributed by atoms with Crippen molar-refractivity contribution >= 4 is 35.5 Å². The number of hydrogen-bond acceptors (Lipinski definition) is 10. The predicted molar refractivity (Wildman–Crippen MR) is 145 cm³/mol. The Hall–Kier alpha value is -3.04. The molecule has 0 aromatic carbocycles. The molecule has 0 radical (unpaired) electrons. The van der Waals surface area contributed by atoms with Crippen molar-refractivity contribution < 1.29 is 24.3 Å². The Morgan fingerprint density at radius 2 is 2.12 bits per heavy atom. The summed E-state index contributed by atoms with van der Waals surface area (Å²) in [6.45, 7) is 6.90. The third-order valence-corrected chi connectivity index (χ3v) is 11.7. The number of carbonyl (C=O) groups is 4. The Morgan fingerprint density at radius 1 is 1.29 bits per heavy atom. The lowest BCUT2D eigenvalue weighted by Gasteiger charge is -2.47. The van der Waals surface area contributed by atoms with Gasteiger partial charge in [0.1, 0.15) is 18.6 Å². The Balaban J connectivity index is 0.989. The molecule has 3 amide bonds. The van der Waals surface area contributed by atoms with E-state index >= 15 is 0 Å². The van der Waals surface area contributed by atoms with Gasteiger partial charge in [0.2, 0.25) is 17.7 Å². The summed E-state index contributed by atoms with van der Waals surface area (Å²) in [4.78, 5) is 55.6. The average Bonchev–Trinajstić information content (AvgIpc) is 3.75. The maximum Gasteiger partial charge on any atom is 0.353 e. The van der Waals surface area contributed by atoms with E-state index in [1.54, 1.807) is 6.92 Å². The molecule has 9 atom stereocenters. The molecule has 2 bridgehead atoms. The zero-order valence-corrected chi connectivity index (χ0v) is 23.8. The molecular weight excluding hydrogens is 550 g/mol. The molecule has 1 aromatic heterocycles. The summed E-state index contributed by atoms with van der Waals surface area (Å²) in [6.07, 6.45) is 4.27. The number of amides is 3. The second kappa shape index (κ2) is 9.76. The van der Waals surface area contributed by atoms with E-state index < -0.39 is 17.9 Å². The molecule has 7 rings (SSSR count). The number of rotatable bonds is 8. The van der Waals surface area contributed by atoms with Crippen LogP contribution in [0, 0.1) is 23.2 Å². The van der Waals surface area contributed by atoms with E-state index in [0.717, 1.165) is 26.1 Å². The van der Waals surface area contributed by atoms with E-state index in [2.05, 4.69) is 31.5 Å². The molecule has 4 saturated heterocycles. The number of thioether (sulfide) groups is 1. The quantitative estimate of drug-likeness (QED) is 0.265. The van der Waals surface area contributed by atoms with E-state index in [1.165, 1.54) is 34.1 Å². The lowest BCUT2D eigenvalue weighted by atomic mass is 9.78. The number of carbonyl (C=O) groups excluding carboxylic acids is 3. The number of fused-ring (bicyclic) bond motifs is 2. The van der Waals surface area contributed by atoms with Gasteiger partial charge in [-0.3, -0.25) is 14.4 Å². The van der Waals surface area contributed by atoms with Gasteiger partial charge >= 0.3 is 5.97 Å². The van der Waals surface area contributed by atoms with Crippen LogP contribution in [0.2, 0.25) is 0 Å². The van der Waals surface area contributed by atoms with Crippen molar-refractivity contribution in [3.8, 4) is 0 Å². The highest BCUT2D eigenvalue weighted by Gasteiger charge is 2.61. The van der Waals surface area contributed by atoms with E-state index in [1.807, 2.05) is 11.8 Å². The lowest BCUT2D eigenvalue weighted by Crippen LogP contribution is -2.66. The molecule has 15 heteroatoms. The molecule has 1 saturated carbocycles. The molecule has 6 heterocycles. The van der Waals surface area contributed by atoms with Crippen LogP contribution < -0.4 is 16.0 Å². The SMILES string of the molecule is C[C@@H](NC(=O)Cn1cnnn1)[C@H]1C(=O)N2C(C(=O)O)=C(S[C@@H]3CN[C@H](C(=O)N4CC5CC6CC5(CN6)C4)C3)[C@H](C)[C@H]12. The Labute approximate surface area is 241 Å². The van der Waals surface area contributed by atoms with Gasteiger partial charge in [0.15, 0.2) is 0 Å². The number of nitrogens with one attached hydrogen (secondary N) is 3. The highest BCUT2D eigenvalue weighted by molar-refractivity contribution is 8.03. The average molecular weight is 586 g/mol. The number of piperidine rings is 1. The van der Waals surface area contributed by atoms with E-state index in [-0.39, 0.29) is 58.6 Å². The number of aliphatic carboxylic acids is 1. The lowest BCUT2D eigenvalue weighted by molar-refractivity contribution is -0.158. The van der Waals surface area contributed by atoms with Crippen LogP contribution in [0.1, 0.15) is 33.1 Å². The van der Waals surface area contributed by atoms with Gasteiger partial charge in [-0.05, 0) is 42.5 Å². The molecule has 1 aliphatic carbocycles. The van der Waals surface area contributed by atoms with Gasteiger partial charge in [-0.25, -0.2) is 9.48 Å². The Morgan fingerprint density at radius 3 is 2.83 bits per heavy atom. The Kier molecular flexibility index (Phi) is 6.39. The van der Waals surface area contributed by atoms with Crippen LogP contribution in [0.3, 0.4) is 0 Å². The first-order valence-corrected chi connectivity index (χ1v) is 15.3. The minimum Gasteiger partial charge on any atom is -0.477 e. The second-order valence-electron chi connectivity index (χ2n) is 12.6. The molecule has 1 aromatic rings. The Bertz CT molecular complexity index is 1320. The fourth-order valence-electron chi connectivity index (χ4n) is 8.32. The first kappa shape index (κ1) is 26.8. The second-order valence-corrected chi connectivity index (χ2v) is 14.0. The van der Waals surface area contributed by atoms with Crippen molar-refractivity contribution in [1.82, 2.24) is 46.0 Å².